The van der Waals surface area contributed by atoms with E-state index in [1.54, 1.807) is 13.0 Å². The number of nitrogens with zero attached hydrogens (tertiary/aromatic N) is 2. The van der Waals surface area contributed by atoms with Gasteiger partial charge in [0.05, 0.1) is 0 Å². The van der Waals surface area contributed by atoms with E-state index >= 15 is 0 Å². The second-order valence-electron chi connectivity index (χ2n) is 3.11. The molecule has 0 bridgehead atoms. The van der Waals surface area contributed by atoms with Crippen molar-refractivity contribution in [3.8, 4) is 0 Å². The van der Waals surface area contributed by atoms with E-state index in [1.165, 1.54) is 4.81 Å². The average molecular weight is 269 g/mol. The molecule has 0 spiro atoms. The first-order valence-electron chi connectivity index (χ1n) is 4.58. The molecule has 0 unspecified atom stereocenters. The van der Waals surface area contributed by atoms with Gasteiger partial charge in [0.25, 0.3) is 0 Å². The first kappa shape index (κ1) is 12.4. The predicted molar refractivity (Wildman–Crippen MR) is 64.5 cm³/mol. The Kier molecular flexibility index (Phi) is 4.98. The van der Waals surface area contributed by atoms with E-state index in [2.05, 4.69) is 20.9 Å². The van der Waals surface area contributed by atoms with Crippen LogP contribution in [0.25, 0.3) is 0 Å². The molecule has 1 aromatic rings. The molecule has 1 rings (SSSR count). The molecule has 0 aliphatic carbocycles. The molecule has 0 saturated heterocycles. The van der Waals surface area contributed by atoms with Crippen molar-refractivity contribution in [2.24, 2.45) is 0 Å². The van der Waals surface area contributed by atoms with E-state index in [1.807, 2.05) is 12.1 Å². The Morgan fingerprint density at radius 1 is 1.73 bits per heavy atom. The molecular weight excluding hydrogens is 258 g/mol. The summed E-state index contributed by atoms with van der Waals surface area (Å²) in [4.78, 5) is 5.64. The first-order chi connectivity index (χ1) is 7.19. The maximum atomic E-state index is 10.5. The first-order valence-corrected chi connectivity index (χ1v) is 5.70. The summed E-state index contributed by atoms with van der Waals surface area (Å²) in [5.74, 6) is 0.606. The van der Waals surface area contributed by atoms with Crippen LogP contribution in [0.5, 0.6) is 0 Å². The van der Waals surface area contributed by atoms with Gasteiger partial charge >= 0.3 is 98.0 Å². The Morgan fingerprint density at radius 2 is 2.47 bits per heavy atom. The van der Waals surface area contributed by atoms with E-state index < -0.39 is 7.05 Å². The van der Waals surface area contributed by atoms with E-state index in [0.29, 0.717) is 5.82 Å². The van der Waals surface area contributed by atoms with E-state index in [9.17, 15) is 9.73 Å². The third kappa shape index (κ3) is 3.43. The Hall–Kier alpha value is -0.680. The van der Waals surface area contributed by atoms with Gasteiger partial charge in [-0.15, -0.1) is 0 Å². The summed E-state index contributed by atoms with van der Waals surface area (Å²) in [5, 5.41) is 10.2. The fourth-order valence-electron chi connectivity index (χ4n) is 1.22. The maximum absolute atomic E-state index is 10.5. The van der Waals surface area contributed by atoms with Crippen molar-refractivity contribution in [2.45, 2.75) is 12.2 Å². The summed E-state index contributed by atoms with van der Waals surface area (Å²) in [7, 11) is 0.0168. The molecule has 1 N–H and O–H groups in total. The normalized spacial score (nSPS) is 9.53. The molecule has 0 radical (unpaired) electrons. The van der Waals surface area contributed by atoms with Gasteiger partial charge in [-0.3, -0.25) is 0 Å². The third-order valence-electron chi connectivity index (χ3n) is 1.98. The summed E-state index contributed by atoms with van der Waals surface area (Å²) in [6, 6.07) is 3.71. The zero-order valence-corrected chi connectivity index (χ0v) is 10.0. The molecule has 0 aliphatic heterocycles. The quantitative estimate of drug-likeness (QED) is 0.637. The summed E-state index contributed by atoms with van der Waals surface area (Å²) >= 11 is 3.34. The molecule has 0 amide bonds. The van der Waals surface area contributed by atoms with Crippen LogP contribution in [0.1, 0.15) is 5.56 Å². The second-order valence-corrected chi connectivity index (χ2v) is 3.67. The summed E-state index contributed by atoms with van der Waals surface area (Å²) in [6.45, 7) is 1.60. The number of halogens is 1. The number of hydrogen-bond acceptors (Lipinski definition) is 4. The van der Waals surface area contributed by atoms with Gasteiger partial charge in [-0.25, -0.2) is 0 Å². The predicted octanol–water partition coefficient (Wildman–Crippen LogP) is 0.900. The van der Waals surface area contributed by atoms with Crippen LogP contribution in [0.15, 0.2) is 18.3 Å². The molecule has 0 atom stereocenters. The van der Waals surface area contributed by atoms with Crippen LogP contribution < -0.4 is 4.81 Å². The van der Waals surface area contributed by atoms with Crippen molar-refractivity contribution in [1.82, 2.24) is 4.98 Å². The number of anilines is 1. The van der Waals surface area contributed by atoms with Gasteiger partial charge in [0.1, 0.15) is 0 Å². The van der Waals surface area contributed by atoms with Gasteiger partial charge in [0, 0.05) is 0 Å². The standard InChI is InChI=1S/C8H11B2BrN2O2/c1-10(15)13(6-9-14)8-4-7(5-11)2-3-12-8/h2-4,15H,5-6H2,1H3. The van der Waals surface area contributed by atoms with Crippen LogP contribution >= 0.6 is 15.9 Å². The van der Waals surface area contributed by atoms with Gasteiger partial charge in [-0.05, 0) is 0 Å². The van der Waals surface area contributed by atoms with Crippen LogP contribution in [0.3, 0.4) is 0 Å². The van der Waals surface area contributed by atoms with Gasteiger partial charge in [0.2, 0.25) is 0 Å². The number of hydrogen-bond donors (Lipinski definition) is 1. The van der Waals surface area contributed by atoms with Crippen LogP contribution in [-0.2, 0) is 10.0 Å². The third-order valence-corrected chi connectivity index (χ3v) is 2.63. The van der Waals surface area contributed by atoms with E-state index in [-0.39, 0.29) is 6.44 Å². The van der Waals surface area contributed by atoms with Crippen molar-refractivity contribution < 1.29 is 9.73 Å². The van der Waals surface area contributed by atoms with Crippen molar-refractivity contribution in [1.29, 1.82) is 0 Å². The number of aromatic nitrogens is 1. The topological polar surface area (TPSA) is 53.4 Å². The van der Waals surface area contributed by atoms with Crippen molar-refractivity contribution >= 4 is 35.9 Å². The molecular formula is C8H11B2BrN2O2. The molecule has 0 aromatic carbocycles. The van der Waals surface area contributed by atoms with Gasteiger partial charge in [-0.1, -0.05) is 0 Å². The molecule has 4 nitrogen and oxygen atoms in total. The summed E-state index contributed by atoms with van der Waals surface area (Å²) in [5.41, 5.74) is 1.05. The second kappa shape index (κ2) is 6.02. The molecule has 0 saturated carbocycles. The van der Waals surface area contributed by atoms with Crippen molar-refractivity contribution in [2.75, 3.05) is 11.3 Å². The van der Waals surface area contributed by atoms with E-state index in [0.717, 1.165) is 18.0 Å². The molecule has 1 heterocycles. The molecule has 7 heteroatoms. The molecule has 0 aliphatic rings. The number of alkyl halides is 1. The molecule has 0 fully saturated rings. The zero-order chi connectivity index (χ0) is 11.3. The Balaban J connectivity index is 2.94. The molecule has 1 aromatic heterocycles. The van der Waals surface area contributed by atoms with Crippen LogP contribution in [0.4, 0.5) is 5.82 Å². The fraction of sp³-hybridized carbons (Fsp3) is 0.375. The average Bonchev–Trinajstić information content (AvgIpc) is 2.25. The SMILES string of the molecule is CB(O)N(CB=O)c1cc(CBr)ccn1. The van der Waals surface area contributed by atoms with Crippen LogP contribution in [-0.4, -0.2) is 30.7 Å². The minimum absolute atomic E-state index is 0.135. The van der Waals surface area contributed by atoms with E-state index in [4.69, 9.17) is 0 Å². The van der Waals surface area contributed by atoms with Crippen molar-refractivity contribution in [3.63, 3.8) is 0 Å². The van der Waals surface area contributed by atoms with Crippen LogP contribution in [0, 0.1) is 0 Å². The van der Waals surface area contributed by atoms with Crippen molar-refractivity contribution in [3.05, 3.63) is 23.9 Å². The number of pyridine rings is 1. The molecule has 78 valence electrons. The fourth-order valence-corrected chi connectivity index (χ4v) is 1.57. The van der Waals surface area contributed by atoms with Gasteiger partial charge < -0.3 is 0 Å². The zero-order valence-electron chi connectivity index (χ0n) is 8.43. The summed E-state index contributed by atoms with van der Waals surface area (Å²) < 4.78 is 10.5. The van der Waals surface area contributed by atoms with Gasteiger partial charge in [-0.2, -0.15) is 0 Å². The monoisotopic (exact) mass is 268 g/mol. The number of rotatable bonds is 5. The van der Waals surface area contributed by atoms with Gasteiger partial charge in [0.15, 0.2) is 0 Å². The Bertz CT molecular complexity index is 338. The Morgan fingerprint density at radius 3 is 3.00 bits per heavy atom. The summed E-state index contributed by atoms with van der Waals surface area (Å²) in [6.07, 6.45) is 1.79. The minimum atomic E-state index is -0.728. The van der Waals surface area contributed by atoms with Crippen LogP contribution in [0.2, 0.25) is 6.82 Å². The molecule has 15 heavy (non-hydrogen) atoms. The Labute approximate surface area is 98.2 Å².